The summed E-state index contributed by atoms with van der Waals surface area (Å²) in [5.41, 5.74) is 11.9. The van der Waals surface area contributed by atoms with Crippen LogP contribution in [0.2, 0.25) is 19.6 Å². The van der Waals surface area contributed by atoms with Crippen LogP contribution < -0.4 is 5.19 Å². The summed E-state index contributed by atoms with van der Waals surface area (Å²) < 4.78 is 6.41. The molecule has 9 rings (SSSR count). The summed E-state index contributed by atoms with van der Waals surface area (Å²) in [6.45, 7) is 11.4. The van der Waals surface area contributed by atoms with E-state index in [1.807, 2.05) is 30.5 Å². The predicted octanol–water partition coefficient (Wildman–Crippen LogP) is 12.8. The molecule has 273 valence electrons. The van der Waals surface area contributed by atoms with Crippen molar-refractivity contribution >= 4 is 46.0 Å². The van der Waals surface area contributed by atoms with Gasteiger partial charge in [-0.05, 0) is 56.0 Å². The Hall–Kier alpha value is -5.45. The van der Waals surface area contributed by atoms with Gasteiger partial charge in [0.2, 0.25) is 0 Å². The summed E-state index contributed by atoms with van der Waals surface area (Å²) in [4.78, 5) is 9.47. The van der Waals surface area contributed by atoms with Gasteiger partial charge in [-0.2, -0.15) is 0 Å². The van der Waals surface area contributed by atoms with E-state index < -0.39 is 8.07 Å². The number of furan rings is 1. The smallest absolute Gasteiger partial charge is 0.120 e. The van der Waals surface area contributed by atoms with Crippen molar-refractivity contribution in [1.29, 1.82) is 0 Å². The summed E-state index contributed by atoms with van der Waals surface area (Å²) in [5.74, 6) is 0.222. The Morgan fingerprint density at radius 3 is 2.05 bits per heavy atom. The predicted molar refractivity (Wildman–Crippen MR) is 229 cm³/mol. The van der Waals surface area contributed by atoms with Gasteiger partial charge in [0.15, 0.2) is 0 Å². The van der Waals surface area contributed by atoms with Crippen LogP contribution in [-0.4, -0.2) is 18.0 Å². The average Bonchev–Trinajstić information content (AvgIpc) is 3.61. The second-order valence-corrected chi connectivity index (χ2v) is 20.0. The molecule has 3 aromatic heterocycles. The van der Waals surface area contributed by atoms with Gasteiger partial charge in [0, 0.05) is 37.9 Å². The fourth-order valence-corrected chi connectivity index (χ4v) is 8.66. The molecule has 0 fully saturated rings. The molecule has 55 heavy (non-hydrogen) atoms. The maximum atomic E-state index is 6.41. The standard InChI is InChI=1S/C29H20NO.C21H22NSi.Ir/c1-19(20-9-3-2-4-10-20)23-15-16-24(26-17-21-11-5-6-12-22(21)18-30-26)29-28(23)25-13-7-8-14-27(25)31-29;1-16-10-12-18(13-11-16)20-14-19(17-8-6-5-7-9-17)21(15-22-20)23(2,3)4;/h2-15,17-19H,1H3;5-12,14-15H,1-4H3;/q2*-1;. The monoisotopic (exact) mass is 907 g/mol. The van der Waals surface area contributed by atoms with Crippen molar-refractivity contribution in [2.24, 2.45) is 0 Å². The number of aromatic nitrogens is 2. The van der Waals surface area contributed by atoms with Crippen molar-refractivity contribution < 1.29 is 24.5 Å². The summed E-state index contributed by atoms with van der Waals surface area (Å²) >= 11 is 0. The van der Waals surface area contributed by atoms with Gasteiger partial charge in [-0.1, -0.05) is 160 Å². The van der Waals surface area contributed by atoms with Crippen LogP contribution in [0.25, 0.3) is 66.4 Å². The minimum atomic E-state index is -1.47. The average molecular weight is 907 g/mol. The van der Waals surface area contributed by atoms with E-state index in [-0.39, 0.29) is 26.0 Å². The van der Waals surface area contributed by atoms with Crippen molar-refractivity contribution in [3.05, 3.63) is 187 Å². The van der Waals surface area contributed by atoms with Gasteiger partial charge < -0.3 is 14.4 Å². The largest absolute Gasteiger partial charge is 0.501 e. The summed E-state index contributed by atoms with van der Waals surface area (Å²) in [7, 11) is -1.47. The van der Waals surface area contributed by atoms with E-state index in [4.69, 9.17) is 14.4 Å². The third-order valence-electron chi connectivity index (χ3n) is 10.2. The number of benzene rings is 6. The Labute approximate surface area is 338 Å². The summed E-state index contributed by atoms with van der Waals surface area (Å²) in [6.07, 6.45) is 4.01. The van der Waals surface area contributed by atoms with Gasteiger partial charge in [0.05, 0.1) is 13.7 Å². The van der Waals surface area contributed by atoms with Crippen molar-refractivity contribution in [3.8, 4) is 33.6 Å². The van der Waals surface area contributed by atoms with Crippen LogP contribution in [0, 0.1) is 19.1 Å². The Bertz CT molecular complexity index is 2720. The SMILES string of the molecule is CC(c1ccccc1)c1c[c-]c(-c2cc3ccccc3cn2)c2oc3ccccc3c12.Cc1c[c-]c(-c2cc(-c3ccccc3)c([Si](C)(C)C)cn2)cc1.[Ir]. The van der Waals surface area contributed by atoms with Crippen molar-refractivity contribution in [2.75, 3.05) is 0 Å². The molecule has 0 N–H and O–H groups in total. The molecular weight excluding hydrogens is 865 g/mol. The first-order chi connectivity index (χ1) is 26.2. The van der Waals surface area contributed by atoms with Gasteiger partial charge in [0.1, 0.15) is 5.58 Å². The van der Waals surface area contributed by atoms with Gasteiger partial charge in [-0.25, -0.2) is 0 Å². The van der Waals surface area contributed by atoms with Gasteiger partial charge in [-0.15, -0.1) is 53.1 Å². The number of hydrogen-bond donors (Lipinski definition) is 0. The van der Waals surface area contributed by atoms with E-state index in [0.29, 0.717) is 0 Å². The molecule has 0 aliphatic rings. The van der Waals surface area contributed by atoms with Gasteiger partial charge in [-0.3, -0.25) is 0 Å². The molecule has 0 amide bonds. The molecule has 0 saturated heterocycles. The van der Waals surface area contributed by atoms with E-state index in [0.717, 1.165) is 55.2 Å². The van der Waals surface area contributed by atoms with Crippen molar-refractivity contribution in [3.63, 3.8) is 0 Å². The van der Waals surface area contributed by atoms with Crippen molar-refractivity contribution in [1.82, 2.24) is 9.97 Å². The van der Waals surface area contributed by atoms with E-state index in [2.05, 4.69) is 173 Å². The first-order valence-corrected chi connectivity index (χ1v) is 22.1. The van der Waals surface area contributed by atoms with Gasteiger partial charge in [0.25, 0.3) is 0 Å². The minimum absolute atomic E-state index is 0. The number of pyridine rings is 2. The molecule has 1 atom stereocenters. The summed E-state index contributed by atoms with van der Waals surface area (Å²) in [6, 6.07) is 57.3. The quantitative estimate of drug-likeness (QED) is 0.123. The third kappa shape index (κ3) is 7.88. The number of hydrogen-bond acceptors (Lipinski definition) is 3. The molecule has 0 spiro atoms. The molecule has 0 bridgehead atoms. The van der Waals surface area contributed by atoms with E-state index in [1.165, 1.54) is 33.0 Å². The van der Waals surface area contributed by atoms with E-state index in [9.17, 15) is 0 Å². The third-order valence-corrected chi connectivity index (χ3v) is 12.2. The van der Waals surface area contributed by atoms with E-state index >= 15 is 0 Å². The van der Waals surface area contributed by atoms with Crippen LogP contribution in [0.3, 0.4) is 0 Å². The molecule has 1 unspecified atom stereocenters. The zero-order valence-corrected chi connectivity index (χ0v) is 35.1. The molecule has 5 heteroatoms. The second-order valence-electron chi connectivity index (χ2n) is 15.0. The molecule has 3 heterocycles. The molecule has 1 radical (unpaired) electrons. The summed E-state index contributed by atoms with van der Waals surface area (Å²) in [5, 5.41) is 5.97. The number of para-hydroxylation sites is 1. The number of rotatable bonds is 6. The van der Waals surface area contributed by atoms with Gasteiger partial charge >= 0.3 is 0 Å². The first-order valence-electron chi connectivity index (χ1n) is 18.6. The molecule has 0 aliphatic carbocycles. The van der Waals surface area contributed by atoms with Crippen LogP contribution in [0.5, 0.6) is 0 Å². The molecule has 0 saturated carbocycles. The van der Waals surface area contributed by atoms with Crippen LogP contribution in [0.4, 0.5) is 0 Å². The molecule has 9 aromatic rings. The molecule has 3 nitrogen and oxygen atoms in total. The minimum Gasteiger partial charge on any atom is -0.501 e. The zero-order valence-electron chi connectivity index (χ0n) is 31.7. The maximum absolute atomic E-state index is 6.41. The zero-order chi connectivity index (χ0) is 37.2. The Morgan fingerprint density at radius 2 is 1.33 bits per heavy atom. The number of nitrogens with zero attached hydrogens (tertiary/aromatic N) is 2. The molecule has 0 aliphatic heterocycles. The topological polar surface area (TPSA) is 38.9 Å². The van der Waals surface area contributed by atoms with Crippen LogP contribution in [0.15, 0.2) is 162 Å². The number of aryl methyl sites for hydroxylation is 1. The molecular formula is C50H42IrN2OSi-2. The first kappa shape index (κ1) is 37.8. The van der Waals surface area contributed by atoms with Crippen LogP contribution in [0.1, 0.15) is 29.5 Å². The normalized spacial score (nSPS) is 11.9. The van der Waals surface area contributed by atoms with Crippen molar-refractivity contribution in [2.45, 2.75) is 39.4 Å². The maximum Gasteiger partial charge on any atom is 0.120 e. The Morgan fingerprint density at radius 1 is 0.655 bits per heavy atom. The Kier molecular flexibility index (Phi) is 11.1. The Balaban J connectivity index is 0.000000174. The van der Waals surface area contributed by atoms with E-state index in [1.54, 1.807) is 0 Å². The number of fused-ring (bicyclic) bond motifs is 4. The van der Waals surface area contributed by atoms with Crippen LogP contribution >= 0.6 is 0 Å². The second kappa shape index (κ2) is 16.1. The molecule has 6 aromatic carbocycles. The fourth-order valence-electron chi connectivity index (χ4n) is 7.19. The van der Waals surface area contributed by atoms with Crippen LogP contribution in [-0.2, 0) is 20.1 Å². The fraction of sp³-hybridized carbons (Fsp3) is 0.120.